The molecule has 1 saturated heterocycles. The van der Waals surface area contributed by atoms with E-state index in [1.54, 1.807) is 11.8 Å². The number of rotatable bonds is 6. The molecule has 0 aliphatic carbocycles. The van der Waals surface area contributed by atoms with Crippen LogP contribution in [0.1, 0.15) is 33.1 Å². The van der Waals surface area contributed by atoms with Crippen LogP contribution in [0.2, 0.25) is 0 Å². The summed E-state index contributed by atoms with van der Waals surface area (Å²) in [5.74, 6) is 1.46. The van der Waals surface area contributed by atoms with Crippen LogP contribution in [-0.4, -0.2) is 42.2 Å². The molecular formula is C12H25ClN2O2S. The number of amides is 1. The van der Waals surface area contributed by atoms with Gasteiger partial charge < -0.3 is 15.8 Å². The van der Waals surface area contributed by atoms with E-state index in [2.05, 4.69) is 5.32 Å². The number of carbonyl (C=O) groups is 1. The Morgan fingerprint density at radius 3 is 2.78 bits per heavy atom. The monoisotopic (exact) mass is 296 g/mol. The maximum atomic E-state index is 11.6. The minimum Gasteiger partial charge on any atom is -0.377 e. The Hall–Kier alpha value is 0.0300. The maximum absolute atomic E-state index is 11.6. The second kappa shape index (κ2) is 9.02. The van der Waals surface area contributed by atoms with Gasteiger partial charge in [0.25, 0.3) is 0 Å². The highest BCUT2D eigenvalue weighted by Gasteiger charge is 2.19. The van der Waals surface area contributed by atoms with E-state index in [1.165, 1.54) is 12.8 Å². The van der Waals surface area contributed by atoms with E-state index in [9.17, 15) is 4.79 Å². The molecule has 1 fully saturated rings. The summed E-state index contributed by atoms with van der Waals surface area (Å²) in [6, 6.07) is 0. The lowest BCUT2D eigenvalue weighted by atomic mass is 10.1. The summed E-state index contributed by atoms with van der Waals surface area (Å²) in [7, 11) is 0. The summed E-state index contributed by atoms with van der Waals surface area (Å²) in [5, 5.41) is 2.92. The molecule has 1 aliphatic heterocycles. The standard InChI is InChI=1S/C12H24N2O2S.ClH/c1-12(2,9-13)14-11(15)8-17-7-10-5-3-4-6-16-10;/h10H,3-9,13H2,1-2H3,(H,14,15);1H. The number of thioether (sulfide) groups is 1. The van der Waals surface area contributed by atoms with Crippen molar-refractivity contribution in [2.45, 2.75) is 44.8 Å². The van der Waals surface area contributed by atoms with E-state index < -0.39 is 0 Å². The van der Waals surface area contributed by atoms with E-state index in [-0.39, 0.29) is 23.9 Å². The molecule has 1 rings (SSSR count). The first kappa shape index (κ1) is 18.0. The summed E-state index contributed by atoms with van der Waals surface area (Å²) in [6.45, 7) is 5.19. The Morgan fingerprint density at radius 2 is 2.22 bits per heavy atom. The number of carbonyl (C=O) groups excluding carboxylic acids is 1. The quantitative estimate of drug-likeness (QED) is 0.781. The van der Waals surface area contributed by atoms with Crippen LogP contribution in [0.5, 0.6) is 0 Å². The van der Waals surface area contributed by atoms with Crippen LogP contribution >= 0.6 is 24.2 Å². The normalized spacial score (nSPS) is 20.1. The smallest absolute Gasteiger partial charge is 0.230 e. The molecule has 0 aromatic heterocycles. The van der Waals surface area contributed by atoms with Crippen molar-refractivity contribution in [3.63, 3.8) is 0 Å². The Bertz CT molecular complexity index is 246. The van der Waals surface area contributed by atoms with Gasteiger partial charge in [-0.25, -0.2) is 0 Å². The molecule has 0 bridgehead atoms. The zero-order valence-electron chi connectivity index (χ0n) is 11.2. The lowest BCUT2D eigenvalue weighted by Crippen LogP contribution is -2.49. The molecule has 0 aromatic carbocycles. The van der Waals surface area contributed by atoms with Gasteiger partial charge in [0, 0.05) is 24.4 Å². The number of nitrogens with two attached hydrogens (primary N) is 1. The number of halogens is 1. The average Bonchev–Trinajstić information content (AvgIpc) is 2.30. The van der Waals surface area contributed by atoms with Gasteiger partial charge in [-0.3, -0.25) is 4.79 Å². The van der Waals surface area contributed by atoms with Crippen molar-refractivity contribution in [3.8, 4) is 0 Å². The first-order valence-corrected chi connectivity index (χ1v) is 7.39. The highest BCUT2D eigenvalue weighted by atomic mass is 35.5. The van der Waals surface area contributed by atoms with Crippen molar-refractivity contribution in [3.05, 3.63) is 0 Å². The van der Waals surface area contributed by atoms with Crippen molar-refractivity contribution < 1.29 is 9.53 Å². The van der Waals surface area contributed by atoms with E-state index in [4.69, 9.17) is 10.5 Å². The second-order valence-corrected chi connectivity index (χ2v) is 6.17. The molecule has 1 heterocycles. The predicted octanol–water partition coefficient (Wildman–Crippen LogP) is 1.56. The van der Waals surface area contributed by atoms with Gasteiger partial charge in [0.1, 0.15) is 0 Å². The second-order valence-electron chi connectivity index (χ2n) is 5.14. The van der Waals surface area contributed by atoms with Crippen LogP contribution in [0.3, 0.4) is 0 Å². The Balaban J connectivity index is 0.00000289. The van der Waals surface area contributed by atoms with Gasteiger partial charge in [0.2, 0.25) is 5.91 Å². The predicted molar refractivity (Wildman–Crippen MR) is 79.4 cm³/mol. The van der Waals surface area contributed by atoms with Gasteiger partial charge in [-0.05, 0) is 33.1 Å². The van der Waals surface area contributed by atoms with E-state index in [0.717, 1.165) is 18.8 Å². The van der Waals surface area contributed by atoms with Crippen molar-refractivity contribution in [2.75, 3.05) is 24.7 Å². The van der Waals surface area contributed by atoms with Gasteiger partial charge in [-0.1, -0.05) is 0 Å². The largest absolute Gasteiger partial charge is 0.377 e. The van der Waals surface area contributed by atoms with Crippen molar-refractivity contribution in [1.82, 2.24) is 5.32 Å². The van der Waals surface area contributed by atoms with E-state index >= 15 is 0 Å². The lowest BCUT2D eigenvalue weighted by molar-refractivity contribution is -0.120. The molecule has 1 aliphatic rings. The van der Waals surface area contributed by atoms with Gasteiger partial charge in [-0.2, -0.15) is 0 Å². The molecule has 6 heteroatoms. The van der Waals surface area contributed by atoms with Crippen LogP contribution in [0, 0.1) is 0 Å². The fraction of sp³-hybridized carbons (Fsp3) is 0.917. The highest BCUT2D eigenvalue weighted by molar-refractivity contribution is 7.99. The van der Waals surface area contributed by atoms with Crippen LogP contribution < -0.4 is 11.1 Å². The fourth-order valence-electron chi connectivity index (χ4n) is 1.69. The topological polar surface area (TPSA) is 64.3 Å². The molecule has 0 spiro atoms. The highest BCUT2D eigenvalue weighted by Crippen LogP contribution is 2.17. The van der Waals surface area contributed by atoms with Crippen LogP contribution in [0.4, 0.5) is 0 Å². The number of nitrogens with one attached hydrogen (secondary N) is 1. The SMILES string of the molecule is CC(C)(CN)NC(=O)CSCC1CCCCO1.Cl. The molecular weight excluding hydrogens is 272 g/mol. The molecule has 1 amide bonds. The Morgan fingerprint density at radius 1 is 1.50 bits per heavy atom. The molecule has 0 aromatic rings. The van der Waals surface area contributed by atoms with Crippen LogP contribution in [0.15, 0.2) is 0 Å². The molecule has 1 unspecified atom stereocenters. The zero-order valence-corrected chi connectivity index (χ0v) is 12.9. The maximum Gasteiger partial charge on any atom is 0.230 e. The molecule has 4 nitrogen and oxygen atoms in total. The molecule has 3 N–H and O–H groups in total. The zero-order chi connectivity index (χ0) is 12.7. The van der Waals surface area contributed by atoms with Gasteiger partial charge in [-0.15, -0.1) is 24.2 Å². The van der Waals surface area contributed by atoms with Gasteiger partial charge >= 0.3 is 0 Å². The summed E-state index contributed by atoms with van der Waals surface area (Å²) in [4.78, 5) is 11.6. The molecule has 108 valence electrons. The summed E-state index contributed by atoms with van der Waals surface area (Å²) in [6.07, 6.45) is 3.89. The van der Waals surface area contributed by atoms with E-state index in [1.807, 2.05) is 13.8 Å². The summed E-state index contributed by atoms with van der Waals surface area (Å²) >= 11 is 1.64. The molecule has 1 atom stereocenters. The third kappa shape index (κ3) is 7.46. The van der Waals surface area contributed by atoms with Gasteiger partial charge in [0.15, 0.2) is 0 Å². The molecule has 0 radical (unpaired) electrons. The Kier molecular flexibility index (Phi) is 9.03. The third-order valence-electron chi connectivity index (χ3n) is 2.80. The lowest BCUT2D eigenvalue weighted by Gasteiger charge is -2.25. The first-order valence-electron chi connectivity index (χ1n) is 6.24. The average molecular weight is 297 g/mol. The first-order chi connectivity index (χ1) is 8.03. The van der Waals surface area contributed by atoms with Crippen molar-refractivity contribution >= 4 is 30.1 Å². The van der Waals surface area contributed by atoms with Crippen LogP contribution in [0.25, 0.3) is 0 Å². The van der Waals surface area contributed by atoms with Crippen LogP contribution in [-0.2, 0) is 9.53 Å². The minimum absolute atomic E-state index is 0. The molecule has 0 saturated carbocycles. The third-order valence-corrected chi connectivity index (χ3v) is 3.87. The summed E-state index contributed by atoms with van der Waals surface area (Å²) < 4.78 is 5.61. The van der Waals surface area contributed by atoms with E-state index in [0.29, 0.717) is 18.4 Å². The summed E-state index contributed by atoms with van der Waals surface area (Å²) in [5.41, 5.74) is 5.25. The number of hydrogen-bond donors (Lipinski definition) is 2. The van der Waals surface area contributed by atoms with Gasteiger partial charge in [0.05, 0.1) is 11.9 Å². The van der Waals surface area contributed by atoms with Crippen molar-refractivity contribution in [2.24, 2.45) is 5.73 Å². The fourth-order valence-corrected chi connectivity index (χ4v) is 2.59. The minimum atomic E-state index is -0.307. The number of ether oxygens (including phenoxy) is 1. The molecule has 18 heavy (non-hydrogen) atoms. The Labute approximate surface area is 120 Å². The number of hydrogen-bond acceptors (Lipinski definition) is 4. The van der Waals surface area contributed by atoms with Crippen molar-refractivity contribution in [1.29, 1.82) is 0 Å².